The van der Waals surface area contributed by atoms with Gasteiger partial charge in [0.05, 0.1) is 38.1 Å². The van der Waals surface area contributed by atoms with Crippen molar-refractivity contribution in [2.24, 2.45) is 0 Å². The molecule has 0 radical (unpaired) electrons. The minimum atomic E-state index is -0.0312. The first-order valence-electron chi connectivity index (χ1n) is 11.8. The Morgan fingerprint density at radius 2 is 1.97 bits per heavy atom. The number of ether oxygens (including phenoxy) is 2. The lowest BCUT2D eigenvalue weighted by Gasteiger charge is -2.31. The largest absolute Gasteiger partial charge is 0.497 e. The first-order valence-corrected chi connectivity index (χ1v) is 12.3. The lowest BCUT2D eigenvalue weighted by molar-refractivity contribution is 0.0365. The highest BCUT2D eigenvalue weighted by molar-refractivity contribution is 7.80. The van der Waals surface area contributed by atoms with Crippen LogP contribution in [0.1, 0.15) is 29.9 Å². The molecule has 2 saturated heterocycles. The number of hydrogen-bond acceptors (Lipinski definition) is 5. The molecular weight excluding hydrogens is 446 g/mol. The molecule has 0 amide bonds. The van der Waals surface area contributed by atoms with Gasteiger partial charge in [0.15, 0.2) is 5.11 Å². The van der Waals surface area contributed by atoms with Crippen molar-refractivity contribution in [3.63, 3.8) is 0 Å². The second-order valence-electron chi connectivity index (χ2n) is 8.63. The van der Waals surface area contributed by atoms with Crippen molar-refractivity contribution in [2.45, 2.75) is 18.5 Å². The number of morpholine rings is 1. The fraction of sp³-hybridized carbons (Fsp3) is 0.385. The molecule has 2 aliphatic heterocycles. The summed E-state index contributed by atoms with van der Waals surface area (Å²) < 4.78 is 13.2. The van der Waals surface area contributed by atoms with Gasteiger partial charge < -0.3 is 24.3 Å². The molecule has 0 bridgehead atoms. The van der Waals surface area contributed by atoms with Gasteiger partial charge in [-0.25, -0.2) is 0 Å². The fourth-order valence-corrected chi connectivity index (χ4v) is 5.22. The van der Waals surface area contributed by atoms with Crippen LogP contribution in [0.25, 0.3) is 5.69 Å². The number of benzene rings is 1. The van der Waals surface area contributed by atoms with Gasteiger partial charge in [0.2, 0.25) is 0 Å². The van der Waals surface area contributed by atoms with Crippen molar-refractivity contribution < 1.29 is 9.47 Å². The topological polar surface area (TPSA) is 54.8 Å². The number of thiocarbonyl (C=S) groups is 1. The Hall–Kier alpha value is -2.94. The minimum absolute atomic E-state index is 0.0216. The number of methoxy groups -OCH3 is 1. The molecule has 4 heterocycles. The minimum Gasteiger partial charge on any atom is -0.497 e. The Labute approximate surface area is 206 Å². The molecular formula is C26H31N5O2S. The van der Waals surface area contributed by atoms with E-state index in [-0.39, 0.29) is 12.1 Å². The molecule has 1 aromatic carbocycles. The van der Waals surface area contributed by atoms with Crippen molar-refractivity contribution in [3.8, 4) is 11.4 Å². The van der Waals surface area contributed by atoms with Crippen molar-refractivity contribution in [1.29, 1.82) is 0 Å². The monoisotopic (exact) mass is 477 g/mol. The number of pyridine rings is 1. The summed E-state index contributed by atoms with van der Waals surface area (Å²) in [6.07, 6.45) is 4.99. The Kier molecular flexibility index (Phi) is 7.08. The molecule has 2 aliphatic rings. The lowest BCUT2D eigenvalue weighted by atomic mass is 10.0. The molecule has 2 aromatic heterocycles. The van der Waals surface area contributed by atoms with Gasteiger partial charge in [-0.1, -0.05) is 12.1 Å². The van der Waals surface area contributed by atoms with Crippen molar-refractivity contribution in [1.82, 2.24) is 24.7 Å². The first-order chi connectivity index (χ1) is 16.7. The van der Waals surface area contributed by atoms with Gasteiger partial charge in [-0.3, -0.25) is 9.88 Å². The normalized spacial score (nSPS) is 21.0. The number of nitrogens with zero attached hydrogens (tertiary/aromatic N) is 4. The van der Waals surface area contributed by atoms with Gasteiger partial charge in [0.25, 0.3) is 0 Å². The van der Waals surface area contributed by atoms with E-state index in [1.807, 2.05) is 30.5 Å². The Morgan fingerprint density at radius 1 is 1.09 bits per heavy atom. The van der Waals surface area contributed by atoms with Gasteiger partial charge in [0, 0.05) is 56.0 Å². The highest BCUT2D eigenvalue weighted by atomic mass is 32.1. The average Bonchev–Trinajstić information content (AvgIpc) is 3.50. The summed E-state index contributed by atoms with van der Waals surface area (Å²) in [7, 11) is 1.70. The molecule has 2 fully saturated rings. The van der Waals surface area contributed by atoms with Crippen LogP contribution in [0.4, 0.5) is 0 Å². The molecule has 7 nitrogen and oxygen atoms in total. The maximum absolute atomic E-state index is 5.86. The van der Waals surface area contributed by atoms with Gasteiger partial charge in [-0.2, -0.15) is 0 Å². The van der Waals surface area contributed by atoms with E-state index in [4.69, 9.17) is 21.7 Å². The highest BCUT2D eigenvalue weighted by Crippen LogP contribution is 2.39. The summed E-state index contributed by atoms with van der Waals surface area (Å²) in [5.41, 5.74) is 3.22. The Balaban J connectivity index is 1.45. The summed E-state index contributed by atoms with van der Waals surface area (Å²) in [5, 5.41) is 4.35. The molecule has 0 spiro atoms. The van der Waals surface area contributed by atoms with Crippen LogP contribution in [0.5, 0.6) is 5.75 Å². The second kappa shape index (κ2) is 10.5. The van der Waals surface area contributed by atoms with Gasteiger partial charge in [-0.15, -0.1) is 0 Å². The average molecular weight is 478 g/mol. The van der Waals surface area contributed by atoms with Crippen LogP contribution in [0.3, 0.4) is 0 Å². The summed E-state index contributed by atoms with van der Waals surface area (Å²) in [6, 6.07) is 18.5. The van der Waals surface area contributed by atoms with E-state index in [1.54, 1.807) is 7.11 Å². The molecule has 1 N–H and O–H groups in total. The highest BCUT2D eigenvalue weighted by Gasteiger charge is 2.41. The van der Waals surface area contributed by atoms with Gasteiger partial charge >= 0.3 is 0 Å². The van der Waals surface area contributed by atoms with Crippen molar-refractivity contribution in [2.75, 3.05) is 46.5 Å². The predicted molar refractivity (Wildman–Crippen MR) is 136 cm³/mol. The molecule has 0 aliphatic carbocycles. The Bertz CT molecular complexity index is 1100. The third-order valence-electron chi connectivity index (χ3n) is 6.59. The van der Waals surface area contributed by atoms with E-state index in [0.29, 0.717) is 0 Å². The van der Waals surface area contributed by atoms with E-state index in [2.05, 4.69) is 61.2 Å². The van der Waals surface area contributed by atoms with Crippen LogP contribution >= 0.6 is 12.2 Å². The quantitative estimate of drug-likeness (QED) is 0.498. The first kappa shape index (κ1) is 22.8. The van der Waals surface area contributed by atoms with Crippen LogP contribution in [-0.4, -0.2) is 71.0 Å². The zero-order valence-electron chi connectivity index (χ0n) is 19.5. The Morgan fingerprint density at radius 3 is 2.76 bits per heavy atom. The van der Waals surface area contributed by atoms with E-state index < -0.39 is 0 Å². The summed E-state index contributed by atoms with van der Waals surface area (Å²) in [4.78, 5) is 9.48. The summed E-state index contributed by atoms with van der Waals surface area (Å²) >= 11 is 5.86. The SMILES string of the molecule is COc1cccc(-n2cccc2[C@@H]2[C@@H](c3ccccn3)NC(=S)N2CCCN2CCOCC2)c1. The van der Waals surface area contributed by atoms with E-state index in [9.17, 15) is 0 Å². The zero-order valence-corrected chi connectivity index (χ0v) is 20.3. The maximum Gasteiger partial charge on any atom is 0.170 e. The van der Waals surface area contributed by atoms with Crippen molar-refractivity contribution >= 4 is 17.3 Å². The number of rotatable bonds is 8. The maximum atomic E-state index is 5.86. The zero-order chi connectivity index (χ0) is 23.3. The van der Waals surface area contributed by atoms with E-state index in [1.165, 1.54) is 5.69 Å². The molecule has 0 saturated carbocycles. The van der Waals surface area contributed by atoms with Crippen LogP contribution in [0.15, 0.2) is 67.0 Å². The van der Waals surface area contributed by atoms with E-state index >= 15 is 0 Å². The third kappa shape index (κ3) is 4.80. The van der Waals surface area contributed by atoms with Crippen LogP contribution in [-0.2, 0) is 4.74 Å². The molecule has 34 heavy (non-hydrogen) atoms. The van der Waals surface area contributed by atoms with Crippen molar-refractivity contribution in [3.05, 3.63) is 78.4 Å². The van der Waals surface area contributed by atoms with Crippen LogP contribution in [0.2, 0.25) is 0 Å². The summed E-state index contributed by atoms with van der Waals surface area (Å²) in [6.45, 7) is 5.56. The van der Waals surface area contributed by atoms with Crippen LogP contribution < -0.4 is 10.1 Å². The smallest absolute Gasteiger partial charge is 0.170 e. The lowest BCUT2D eigenvalue weighted by Crippen LogP contribution is -2.39. The third-order valence-corrected chi connectivity index (χ3v) is 6.94. The van der Waals surface area contributed by atoms with Gasteiger partial charge in [-0.05, 0) is 55.0 Å². The molecule has 2 atom stereocenters. The molecule has 0 unspecified atom stereocenters. The van der Waals surface area contributed by atoms with Crippen LogP contribution in [0, 0.1) is 0 Å². The van der Waals surface area contributed by atoms with Gasteiger partial charge in [0.1, 0.15) is 5.75 Å². The molecule has 8 heteroatoms. The number of nitrogens with one attached hydrogen (secondary N) is 1. The molecule has 178 valence electrons. The number of hydrogen-bond donors (Lipinski definition) is 1. The predicted octanol–water partition coefficient (Wildman–Crippen LogP) is 3.58. The molecule has 5 rings (SSSR count). The standard InChI is InChI=1S/C26H31N5O2S/c1-32-21-8-4-7-20(19-21)30-13-5-10-23(30)25-24(22-9-2-3-11-27-22)28-26(34)31(25)14-6-12-29-15-17-33-18-16-29/h2-5,7-11,13,19,24-25H,6,12,14-18H2,1H3,(H,28,34)/t24-,25-/m1/s1. The molecule has 3 aromatic rings. The number of aromatic nitrogens is 2. The summed E-state index contributed by atoms with van der Waals surface area (Å²) in [5.74, 6) is 0.834. The van der Waals surface area contributed by atoms with E-state index in [0.717, 1.165) is 68.1 Å². The fourth-order valence-electron chi connectivity index (χ4n) is 4.89. The second-order valence-corrected chi connectivity index (χ2v) is 9.02.